The lowest BCUT2D eigenvalue weighted by atomic mass is 10.1. The number of primary amides is 1. The Morgan fingerprint density at radius 1 is 1.14 bits per heavy atom. The molecule has 3 aromatic rings. The van der Waals surface area contributed by atoms with Crippen LogP contribution >= 0.6 is 11.6 Å². The van der Waals surface area contributed by atoms with Gasteiger partial charge < -0.3 is 15.5 Å². The fourth-order valence-corrected chi connectivity index (χ4v) is 2.43. The number of hydrogen-bond acceptors (Lipinski definition) is 3. The van der Waals surface area contributed by atoms with Gasteiger partial charge in [-0.2, -0.15) is 0 Å². The van der Waals surface area contributed by atoms with E-state index in [9.17, 15) is 4.79 Å². The van der Waals surface area contributed by atoms with E-state index >= 15 is 0 Å². The third kappa shape index (κ3) is 2.71. The maximum absolute atomic E-state index is 11.0. The highest BCUT2D eigenvalue weighted by molar-refractivity contribution is 6.30. The number of benzene rings is 2. The van der Waals surface area contributed by atoms with Crippen molar-refractivity contribution in [3.8, 4) is 0 Å². The van der Waals surface area contributed by atoms with Crippen molar-refractivity contribution in [2.75, 3.05) is 5.32 Å². The second-order valence-corrected chi connectivity index (χ2v) is 4.99. The van der Waals surface area contributed by atoms with Gasteiger partial charge in [-0.25, -0.2) is 0 Å². The lowest BCUT2D eigenvalue weighted by Gasteiger charge is -2.06. The van der Waals surface area contributed by atoms with E-state index in [0.29, 0.717) is 17.3 Å². The Bertz CT molecular complexity index is 794. The molecule has 0 spiro atoms. The van der Waals surface area contributed by atoms with Crippen molar-refractivity contribution < 1.29 is 9.21 Å². The van der Waals surface area contributed by atoms with E-state index in [4.69, 9.17) is 21.8 Å². The van der Waals surface area contributed by atoms with Crippen molar-refractivity contribution in [3.63, 3.8) is 0 Å². The summed E-state index contributed by atoms with van der Waals surface area (Å²) in [4.78, 5) is 11.0. The molecule has 0 saturated carbocycles. The van der Waals surface area contributed by atoms with Crippen molar-refractivity contribution >= 4 is 34.2 Å². The quantitative estimate of drug-likeness (QED) is 0.770. The largest absolute Gasteiger partial charge is 0.444 e. The molecule has 1 heterocycles. The summed E-state index contributed by atoms with van der Waals surface area (Å²) in [5.74, 6) is -0.439. The first-order valence-electron chi connectivity index (χ1n) is 6.45. The van der Waals surface area contributed by atoms with Crippen LogP contribution < -0.4 is 11.1 Å². The summed E-state index contributed by atoms with van der Waals surface area (Å²) in [6.45, 7) is 0.533. The van der Waals surface area contributed by atoms with Gasteiger partial charge in [0.2, 0.25) is 5.91 Å². The van der Waals surface area contributed by atoms with E-state index in [0.717, 1.165) is 22.2 Å². The molecule has 0 fully saturated rings. The number of nitrogens with one attached hydrogen (secondary N) is 1. The minimum Gasteiger partial charge on any atom is -0.444 e. The average molecular weight is 301 g/mol. The van der Waals surface area contributed by atoms with Gasteiger partial charge in [0, 0.05) is 28.7 Å². The van der Waals surface area contributed by atoms with Crippen LogP contribution in [0.2, 0.25) is 5.22 Å². The maximum atomic E-state index is 11.0. The van der Waals surface area contributed by atoms with Gasteiger partial charge >= 0.3 is 0 Å². The molecule has 0 aliphatic rings. The normalized spacial score (nSPS) is 10.7. The van der Waals surface area contributed by atoms with Crippen LogP contribution in [0.4, 0.5) is 5.69 Å². The number of nitrogens with two attached hydrogens (primary N) is 1. The molecule has 2 aromatic carbocycles. The molecule has 0 aliphatic heterocycles. The summed E-state index contributed by atoms with van der Waals surface area (Å²) in [6, 6.07) is 14.7. The Hall–Kier alpha value is -2.46. The molecule has 21 heavy (non-hydrogen) atoms. The van der Waals surface area contributed by atoms with Crippen molar-refractivity contribution in [1.29, 1.82) is 0 Å². The number of hydrogen-bond donors (Lipinski definition) is 2. The first kappa shape index (κ1) is 13.5. The number of halogens is 1. The molecule has 5 heteroatoms. The van der Waals surface area contributed by atoms with Gasteiger partial charge in [0.15, 0.2) is 5.22 Å². The number of fused-ring (bicyclic) bond motifs is 1. The number of anilines is 1. The Morgan fingerprint density at radius 3 is 2.57 bits per heavy atom. The molecule has 106 valence electrons. The number of amides is 1. The average Bonchev–Trinajstić information content (AvgIpc) is 2.81. The smallest absolute Gasteiger partial charge is 0.248 e. The van der Waals surface area contributed by atoms with E-state index in [1.54, 1.807) is 24.3 Å². The van der Waals surface area contributed by atoms with Crippen LogP contribution in [-0.4, -0.2) is 5.91 Å². The Kier molecular flexibility index (Phi) is 3.54. The minimum absolute atomic E-state index is 0.387. The summed E-state index contributed by atoms with van der Waals surface area (Å²) in [5.41, 5.74) is 8.24. The first-order chi connectivity index (χ1) is 10.1. The third-order valence-corrected chi connectivity index (χ3v) is 3.59. The fraction of sp³-hybridized carbons (Fsp3) is 0.0625. The number of rotatable bonds is 4. The second kappa shape index (κ2) is 5.50. The molecular weight excluding hydrogens is 288 g/mol. The number of carbonyl (C=O) groups excluding carboxylic acids is 1. The van der Waals surface area contributed by atoms with Gasteiger partial charge in [-0.05, 0) is 41.9 Å². The minimum atomic E-state index is -0.439. The van der Waals surface area contributed by atoms with Gasteiger partial charge in [0.25, 0.3) is 0 Å². The Labute approximate surface area is 126 Å². The highest BCUT2D eigenvalue weighted by atomic mass is 35.5. The van der Waals surface area contributed by atoms with Crippen molar-refractivity contribution in [2.45, 2.75) is 6.54 Å². The van der Waals surface area contributed by atoms with E-state index < -0.39 is 5.91 Å². The molecule has 3 N–H and O–H groups in total. The molecular formula is C16H13ClN2O2. The van der Waals surface area contributed by atoms with Crippen molar-refractivity contribution in [3.05, 3.63) is 64.9 Å². The fourth-order valence-electron chi connectivity index (χ4n) is 2.18. The van der Waals surface area contributed by atoms with Crippen LogP contribution in [0.3, 0.4) is 0 Å². The predicted molar refractivity (Wildman–Crippen MR) is 83.5 cm³/mol. The summed E-state index contributed by atoms with van der Waals surface area (Å²) in [5, 5.41) is 4.63. The molecule has 0 aliphatic carbocycles. The first-order valence-corrected chi connectivity index (χ1v) is 6.82. The van der Waals surface area contributed by atoms with E-state index in [1.165, 1.54) is 0 Å². The molecule has 1 aromatic heterocycles. The Balaban J connectivity index is 1.80. The van der Waals surface area contributed by atoms with Crippen LogP contribution in [0.5, 0.6) is 0 Å². The van der Waals surface area contributed by atoms with Crippen molar-refractivity contribution in [1.82, 2.24) is 0 Å². The second-order valence-electron chi connectivity index (χ2n) is 4.65. The van der Waals surface area contributed by atoms with Gasteiger partial charge in [-0.1, -0.05) is 18.2 Å². The lowest BCUT2D eigenvalue weighted by Crippen LogP contribution is -2.10. The molecule has 0 atom stereocenters. The summed E-state index contributed by atoms with van der Waals surface area (Å²) >= 11 is 6.13. The van der Waals surface area contributed by atoms with Gasteiger partial charge in [-0.15, -0.1) is 0 Å². The zero-order chi connectivity index (χ0) is 14.8. The van der Waals surface area contributed by atoms with E-state index in [1.807, 2.05) is 24.3 Å². The predicted octanol–water partition coefficient (Wildman–Crippen LogP) is 3.80. The number of furan rings is 1. The Morgan fingerprint density at radius 2 is 1.86 bits per heavy atom. The molecule has 0 unspecified atom stereocenters. The zero-order valence-corrected chi connectivity index (χ0v) is 11.9. The van der Waals surface area contributed by atoms with Gasteiger partial charge in [-0.3, -0.25) is 4.79 Å². The molecule has 0 bridgehead atoms. The molecule has 1 amide bonds. The van der Waals surface area contributed by atoms with Crippen LogP contribution in [-0.2, 0) is 6.54 Å². The maximum Gasteiger partial charge on any atom is 0.248 e. The molecule has 0 radical (unpaired) electrons. The van der Waals surface area contributed by atoms with E-state index in [-0.39, 0.29) is 0 Å². The standard InChI is InChI=1S/C16H13ClN2O2/c17-15-13(12-3-1-2-4-14(12)21-15)9-19-11-7-5-10(6-8-11)16(18)20/h1-8,19H,9H2,(H2,18,20). The van der Waals surface area contributed by atoms with Gasteiger partial charge in [0.05, 0.1) is 0 Å². The summed E-state index contributed by atoms with van der Waals surface area (Å²) in [6.07, 6.45) is 0. The zero-order valence-electron chi connectivity index (χ0n) is 11.1. The lowest BCUT2D eigenvalue weighted by molar-refractivity contribution is 0.100. The highest BCUT2D eigenvalue weighted by Crippen LogP contribution is 2.30. The monoisotopic (exact) mass is 300 g/mol. The molecule has 4 nitrogen and oxygen atoms in total. The number of para-hydroxylation sites is 1. The highest BCUT2D eigenvalue weighted by Gasteiger charge is 2.11. The van der Waals surface area contributed by atoms with Gasteiger partial charge in [0.1, 0.15) is 5.58 Å². The number of carbonyl (C=O) groups is 1. The van der Waals surface area contributed by atoms with Crippen LogP contribution in [0.25, 0.3) is 11.0 Å². The van der Waals surface area contributed by atoms with Crippen LogP contribution in [0.15, 0.2) is 52.9 Å². The van der Waals surface area contributed by atoms with E-state index in [2.05, 4.69) is 5.32 Å². The van der Waals surface area contributed by atoms with Crippen LogP contribution in [0.1, 0.15) is 15.9 Å². The SMILES string of the molecule is NC(=O)c1ccc(NCc2c(Cl)oc3ccccc23)cc1. The van der Waals surface area contributed by atoms with Crippen molar-refractivity contribution in [2.24, 2.45) is 5.73 Å². The third-order valence-electron chi connectivity index (χ3n) is 3.29. The molecule has 3 rings (SSSR count). The molecule has 0 saturated heterocycles. The summed E-state index contributed by atoms with van der Waals surface area (Å²) in [7, 11) is 0. The summed E-state index contributed by atoms with van der Waals surface area (Å²) < 4.78 is 5.50. The van der Waals surface area contributed by atoms with Crippen LogP contribution in [0, 0.1) is 0 Å². The topological polar surface area (TPSA) is 68.3 Å².